The fourth-order valence-electron chi connectivity index (χ4n) is 2.51. The van der Waals surface area contributed by atoms with Gasteiger partial charge in [-0.05, 0) is 46.5 Å². The normalized spacial score (nSPS) is 13.1. The molecule has 1 aromatic heterocycles. The van der Waals surface area contributed by atoms with E-state index in [1.165, 1.54) is 29.7 Å². The largest absolute Gasteiger partial charge is 0.523 e. The van der Waals surface area contributed by atoms with Gasteiger partial charge in [0.15, 0.2) is 11.6 Å². The Morgan fingerprint density at radius 2 is 2.00 bits per heavy atom. The Labute approximate surface area is 163 Å². The lowest BCUT2D eigenvalue weighted by atomic mass is 10.1. The number of halogens is 3. The van der Waals surface area contributed by atoms with E-state index in [4.69, 9.17) is 11.6 Å². The molecule has 3 aromatic rings. The summed E-state index contributed by atoms with van der Waals surface area (Å²) in [6.07, 6.45) is 2.56. The van der Waals surface area contributed by atoms with Gasteiger partial charge >= 0.3 is 8.03 Å². The van der Waals surface area contributed by atoms with Crippen LogP contribution in [0.3, 0.4) is 0 Å². The molecule has 0 aliphatic carbocycles. The monoisotopic (exact) mass is 426 g/mol. The highest BCUT2D eigenvalue weighted by atomic mass is 35.5. The van der Waals surface area contributed by atoms with Crippen LogP contribution in [-0.4, -0.2) is 10.8 Å². The van der Waals surface area contributed by atoms with E-state index in [0.717, 1.165) is 16.8 Å². The zero-order chi connectivity index (χ0) is 19.6. The van der Waals surface area contributed by atoms with Crippen molar-refractivity contribution >= 4 is 53.0 Å². The molecule has 1 heterocycles. The van der Waals surface area contributed by atoms with Crippen molar-refractivity contribution in [2.45, 2.75) is 5.66 Å². The van der Waals surface area contributed by atoms with E-state index in [1.54, 1.807) is 23.6 Å². The number of carbonyl (C=O) groups is 1. The molecule has 2 N–H and O–H groups in total. The Bertz CT molecular complexity index is 1070. The second-order valence-corrected chi connectivity index (χ2v) is 8.02. The number of fused-ring (bicyclic) bond motifs is 1. The fraction of sp³-hybridized carbons (Fsp3) is 0.0556. The molecule has 1 amide bonds. The molecule has 0 bridgehead atoms. The first-order valence-corrected chi connectivity index (χ1v) is 10.1. The minimum absolute atomic E-state index is 0.326. The van der Waals surface area contributed by atoms with E-state index in [-0.39, 0.29) is 0 Å². The van der Waals surface area contributed by atoms with Crippen molar-refractivity contribution in [2.75, 3.05) is 0 Å². The lowest BCUT2D eigenvalue weighted by molar-refractivity contribution is -0.119. The summed E-state index contributed by atoms with van der Waals surface area (Å²) in [5.74, 6) is -2.69. The van der Waals surface area contributed by atoms with E-state index in [2.05, 4.69) is 5.32 Å². The quantitative estimate of drug-likeness (QED) is 0.537. The average Bonchev–Trinajstić information content (AvgIpc) is 3.01. The Balaban J connectivity index is 1.83. The standard InChI is InChI=1S/C18H11ClF2NO3PS/c19-11-2-4-16-12(8-11)13(9-27-16)17(26(24)25)18(23)22-6-5-10-1-3-14(20)15(21)7-10/h1-9,17H,(H-,22,23,24,25)/p+1/b6-5+. The van der Waals surface area contributed by atoms with Crippen molar-refractivity contribution in [3.63, 3.8) is 0 Å². The molecular formula is C18H12ClF2NO3PS+. The summed E-state index contributed by atoms with van der Waals surface area (Å²) in [7, 11) is -2.86. The van der Waals surface area contributed by atoms with Gasteiger partial charge in [0.25, 0.3) is 11.6 Å². The minimum atomic E-state index is -2.86. The van der Waals surface area contributed by atoms with E-state index >= 15 is 0 Å². The second kappa shape index (κ2) is 8.23. The molecule has 9 heteroatoms. The van der Waals surface area contributed by atoms with Crippen LogP contribution in [-0.2, 0) is 9.36 Å². The average molecular weight is 427 g/mol. The first-order valence-electron chi connectivity index (χ1n) is 7.60. The lowest BCUT2D eigenvalue weighted by Crippen LogP contribution is -2.23. The van der Waals surface area contributed by atoms with Crippen LogP contribution in [0, 0.1) is 11.6 Å². The Hall–Kier alpha value is -2.18. The summed E-state index contributed by atoms with van der Waals surface area (Å²) < 4.78 is 38.8. The van der Waals surface area contributed by atoms with Crippen molar-refractivity contribution in [2.24, 2.45) is 0 Å². The topological polar surface area (TPSA) is 66.4 Å². The van der Waals surface area contributed by atoms with E-state index < -0.39 is 31.2 Å². The molecule has 3 rings (SSSR count). The van der Waals surface area contributed by atoms with E-state index in [1.807, 2.05) is 0 Å². The number of carbonyl (C=O) groups excluding carboxylic acids is 1. The van der Waals surface area contributed by atoms with E-state index in [0.29, 0.717) is 21.5 Å². The van der Waals surface area contributed by atoms with Gasteiger partial charge in [0.2, 0.25) is 0 Å². The Morgan fingerprint density at radius 3 is 2.70 bits per heavy atom. The van der Waals surface area contributed by atoms with Gasteiger partial charge in [0.05, 0.1) is 0 Å². The van der Waals surface area contributed by atoms with Gasteiger partial charge < -0.3 is 5.32 Å². The Morgan fingerprint density at radius 1 is 1.22 bits per heavy atom. The summed E-state index contributed by atoms with van der Waals surface area (Å²) in [4.78, 5) is 22.1. The van der Waals surface area contributed by atoms with Crippen LogP contribution >= 0.6 is 31.0 Å². The van der Waals surface area contributed by atoms with Crippen molar-refractivity contribution in [3.8, 4) is 0 Å². The SMILES string of the molecule is O=C(N/C=C/c1ccc(F)c(F)c1)C(c1csc2ccc(Cl)cc12)[P+](=O)O. The number of nitrogens with one attached hydrogen (secondary N) is 1. The molecule has 138 valence electrons. The second-order valence-electron chi connectivity index (χ2n) is 5.55. The molecule has 2 unspecified atom stereocenters. The van der Waals surface area contributed by atoms with E-state index in [9.17, 15) is 23.0 Å². The predicted octanol–water partition coefficient (Wildman–Crippen LogP) is 5.40. The van der Waals surface area contributed by atoms with Crippen LogP contribution in [0.15, 0.2) is 48.0 Å². The number of hydrogen-bond acceptors (Lipinski definition) is 3. The highest BCUT2D eigenvalue weighted by Gasteiger charge is 2.40. The zero-order valence-corrected chi connectivity index (χ0v) is 16.0. The van der Waals surface area contributed by atoms with Gasteiger partial charge in [-0.1, -0.05) is 17.7 Å². The third-order valence-corrected chi connectivity index (χ3v) is 5.95. The summed E-state index contributed by atoms with van der Waals surface area (Å²) in [6, 6.07) is 8.37. The summed E-state index contributed by atoms with van der Waals surface area (Å²) >= 11 is 7.32. The van der Waals surface area contributed by atoms with Crippen LogP contribution in [0.2, 0.25) is 5.02 Å². The smallest absolute Gasteiger partial charge is 0.328 e. The van der Waals surface area contributed by atoms with Crippen molar-refractivity contribution in [1.29, 1.82) is 0 Å². The summed E-state index contributed by atoms with van der Waals surface area (Å²) in [6.45, 7) is 0. The van der Waals surface area contributed by atoms with Crippen molar-refractivity contribution in [3.05, 3.63) is 75.8 Å². The van der Waals surface area contributed by atoms with Gasteiger partial charge in [-0.25, -0.2) is 8.78 Å². The highest BCUT2D eigenvalue weighted by molar-refractivity contribution is 7.40. The van der Waals surface area contributed by atoms with Gasteiger partial charge in [-0.15, -0.1) is 11.3 Å². The summed E-state index contributed by atoms with van der Waals surface area (Å²) in [5, 5.41) is 5.14. The first kappa shape index (κ1) is 19.6. The van der Waals surface area contributed by atoms with Crippen LogP contribution in [0.1, 0.15) is 16.8 Å². The highest BCUT2D eigenvalue weighted by Crippen LogP contribution is 2.43. The molecule has 27 heavy (non-hydrogen) atoms. The maximum Gasteiger partial charge on any atom is 0.523 e. The fourth-order valence-corrected chi connectivity index (χ4v) is 4.48. The minimum Gasteiger partial charge on any atom is -0.328 e. The van der Waals surface area contributed by atoms with Gasteiger partial charge in [0.1, 0.15) is 0 Å². The molecular weight excluding hydrogens is 415 g/mol. The predicted molar refractivity (Wildman–Crippen MR) is 103 cm³/mol. The van der Waals surface area contributed by atoms with Gasteiger partial charge in [-0.2, -0.15) is 4.89 Å². The lowest BCUT2D eigenvalue weighted by Gasteiger charge is -2.04. The number of benzene rings is 2. The molecule has 0 radical (unpaired) electrons. The van der Waals surface area contributed by atoms with Crippen molar-refractivity contribution in [1.82, 2.24) is 5.32 Å². The third-order valence-electron chi connectivity index (χ3n) is 3.77. The molecule has 0 aliphatic heterocycles. The molecule has 4 nitrogen and oxygen atoms in total. The number of hydrogen-bond donors (Lipinski definition) is 2. The number of rotatable bonds is 5. The number of amides is 1. The number of thiophene rings is 1. The molecule has 2 aromatic carbocycles. The summed E-state index contributed by atoms with van der Waals surface area (Å²) in [5.41, 5.74) is -0.562. The Kier molecular flexibility index (Phi) is 5.97. The molecule has 0 saturated heterocycles. The third kappa shape index (κ3) is 4.39. The van der Waals surface area contributed by atoms with Gasteiger partial charge in [-0.3, -0.25) is 4.79 Å². The molecule has 0 fully saturated rings. The molecule has 0 aliphatic rings. The zero-order valence-electron chi connectivity index (χ0n) is 13.5. The van der Waals surface area contributed by atoms with Crippen LogP contribution in [0.25, 0.3) is 16.2 Å². The molecule has 2 atom stereocenters. The maximum atomic E-state index is 13.2. The maximum absolute atomic E-state index is 13.2. The van der Waals surface area contributed by atoms with Crippen LogP contribution < -0.4 is 5.32 Å². The van der Waals surface area contributed by atoms with Gasteiger partial charge in [0, 0.05) is 32.3 Å². The molecule has 0 spiro atoms. The molecule has 0 saturated carbocycles. The van der Waals surface area contributed by atoms with Crippen LogP contribution in [0.5, 0.6) is 0 Å². The van der Waals surface area contributed by atoms with Crippen LogP contribution in [0.4, 0.5) is 8.78 Å². The van der Waals surface area contributed by atoms with Crippen molar-refractivity contribution < 1.29 is 23.0 Å². The first-order chi connectivity index (χ1) is 12.9.